The fourth-order valence-corrected chi connectivity index (χ4v) is 2.19. The van der Waals surface area contributed by atoms with Crippen molar-refractivity contribution in [2.24, 2.45) is 0 Å². The lowest BCUT2D eigenvalue weighted by molar-refractivity contribution is -0.143. The molecule has 0 heterocycles. The Bertz CT molecular complexity index is 496. The van der Waals surface area contributed by atoms with Gasteiger partial charge in [-0.25, -0.2) is 0 Å². The van der Waals surface area contributed by atoms with Gasteiger partial charge in [-0.1, -0.05) is 13.0 Å². The summed E-state index contributed by atoms with van der Waals surface area (Å²) >= 11 is 0. The molecule has 5 nitrogen and oxygen atoms in total. The molecule has 0 radical (unpaired) electrons. The molecule has 0 aliphatic carbocycles. The molecule has 0 aromatic heterocycles. The minimum Gasteiger partial charge on any atom is -0.490 e. The van der Waals surface area contributed by atoms with Crippen LogP contribution in [0.5, 0.6) is 11.5 Å². The molecule has 0 saturated carbocycles. The standard InChI is InChI=1S/C15H21F2NO4/c1-4-11(14(19)20)18(3)9-10-6-7-12(22-15(16)17)13(8-10)21-5-2/h6-8,11,15H,4-5,9H2,1-3H3,(H,19,20). The van der Waals surface area contributed by atoms with Gasteiger partial charge in [0.05, 0.1) is 6.61 Å². The van der Waals surface area contributed by atoms with Crippen LogP contribution in [0.3, 0.4) is 0 Å². The van der Waals surface area contributed by atoms with Crippen LogP contribution in [0.4, 0.5) is 8.78 Å². The highest BCUT2D eigenvalue weighted by Gasteiger charge is 2.21. The zero-order valence-electron chi connectivity index (χ0n) is 12.9. The van der Waals surface area contributed by atoms with E-state index in [1.54, 1.807) is 37.9 Å². The molecule has 0 bridgehead atoms. The van der Waals surface area contributed by atoms with Gasteiger partial charge in [-0.2, -0.15) is 8.78 Å². The molecule has 1 rings (SSSR count). The number of carboxylic acids is 1. The van der Waals surface area contributed by atoms with Crippen molar-refractivity contribution >= 4 is 5.97 Å². The third-order valence-corrected chi connectivity index (χ3v) is 3.16. The summed E-state index contributed by atoms with van der Waals surface area (Å²) < 4.78 is 34.4. The molecule has 1 aromatic carbocycles. The number of halogens is 2. The SMILES string of the molecule is CCOc1cc(CN(C)C(CC)C(=O)O)ccc1OC(F)F. The second kappa shape index (κ2) is 8.53. The smallest absolute Gasteiger partial charge is 0.387 e. The van der Waals surface area contributed by atoms with Gasteiger partial charge in [-0.15, -0.1) is 0 Å². The molecule has 0 fully saturated rings. The summed E-state index contributed by atoms with van der Waals surface area (Å²) in [6.07, 6.45) is 0.469. The summed E-state index contributed by atoms with van der Waals surface area (Å²) in [5.74, 6) is -0.710. The maximum Gasteiger partial charge on any atom is 0.387 e. The van der Waals surface area contributed by atoms with Gasteiger partial charge in [-0.3, -0.25) is 9.69 Å². The Morgan fingerprint density at radius 3 is 2.50 bits per heavy atom. The van der Waals surface area contributed by atoms with Crippen molar-refractivity contribution < 1.29 is 28.2 Å². The van der Waals surface area contributed by atoms with Crippen molar-refractivity contribution in [1.82, 2.24) is 4.90 Å². The summed E-state index contributed by atoms with van der Waals surface area (Å²) in [7, 11) is 1.70. The number of ether oxygens (including phenoxy) is 2. The molecule has 0 amide bonds. The quantitative estimate of drug-likeness (QED) is 0.759. The second-order valence-corrected chi connectivity index (χ2v) is 4.77. The van der Waals surface area contributed by atoms with E-state index in [1.807, 2.05) is 0 Å². The van der Waals surface area contributed by atoms with Gasteiger partial charge in [0.1, 0.15) is 6.04 Å². The minimum atomic E-state index is -2.93. The summed E-state index contributed by atoms with van der Waals surface area (Å²) in [5.41, 5.74) is 0.757. The Kier molecular flexibility index (Phi) is 7.04. The Hall–Kier alpha value is -1.89. The first-order chi connectivity index (χ1) is 10.4. The molecule has 22 heavy (non-hydrogen) atoms. The van der Waals surface area contributed by atoms with Gasteiger partial charge >= 0.3 is 12.6 Å². The zero-order valence-corrected chi connectivity index (χ0v) is 12.9. The van der Waals surface area contributed by atoms with E-state index >= 15 is 0 Å². The predicted octanol–water partition coefficient (Wildman–Crippen LogP) is 2.98. The predicted molar refractivity (Wildman–Crippen MR) is 77.4 cm³/mol. The van der Waals surface area contributed by atoms with Crippen LogP contribution in [0.25, 0.3) is 0 Å². The van der Waals surface area contributed by atoms with E-state index in [9.17, 15) is 13.6 Å². The number of rotatable bonds is 9. The molecule has 0 aliphatic heterocycles. The van der Waals surface area contributed by atoms with Gasteiger partial charge in [0, 0.05) is 6.54 Å². The Morgan fingerprint density at radius 2 is 2.00 bits per heavy atom. The van der Waals surface area contributed by atoms with Gasteiger partial charge in [0.25, 0.3) is 0 Å². The number of nitrogens with zero attached hydrogens (tertiary/aromatic N) is 1. The molecule has 0 aliphatic rings. The van der Waals surface area contributed by atoms with Crippen LogP contribution in [-0.2, 0) is 11.3 Å². The molecule has 0 spiro atoms. The maximum absolute atomic E-state index is 12.3. The summed E-state index contributed by atoms with van der Waals surface area (Å²) in [4.78, 5) is 12.8. The molecule has 1 aromatic rings. The third-order valence-electron chi connectivity index (χ3n) is 3.16. The number of benzene rings is 1. The highest BCUT2D eigenvalue weighted by atomic mass is 19.3. The molecule has 1 N–H and O–H groups in total. The van der Waals surface area contributed by atoms with Gasteiger partial charge in [0.15, 0.2) is 11.5 Å². The Labute approximate surface area is 128 Å². The van der Waals surface area contributed by atoms with Crippen molar-refractivity contribution in [3.63, 3.8) is 0 Å². The lowest BCUT2D eigenvalue weighted by atomic mass is 10.1. The first kappa shape index (κ1) is 18.2. The van der Waals surface area contributed by atoms with Crippen LogP contribution >= 0.6 is 0 Å². The number of aliphatic carboxylic acids is 1. The molecule has 1 unspecified atom stereocenters. The number of alkyl halides is 2. The van der Waals surface area contributed by atoms with Crippen LogP contribution in [0.1, 0.15) is 25.8 Å². The lowest BCUT2D eigenvalue weighted by Crippen LogP contribution is -2.37. The van der Waals surface area contributed by atoms with Crippen LogP contribution < -0.4 is 9.47 Å². The molecule has 1 atom stereocenters. The Balaban J connectivity index is 2.91. The van der Waals surface area contributed by atoms with Crippen LogP contribution in [0.15, 0.2) is 18.2 Å². The highest BCUT2D eigenvalue weighted by Crippen LogP contribution is 2.30. The minimum absolute atomic E-state index is 0.0338. The highest BCUT2D eigenvalue weighted by molar-refractivity contribution is 5.73. The number of hydrogen-bond donors (Lipinski definition) is 1. The van der Waals surface area contributed by atoms with E-state index in [1.165, 1.54) is 6.07 Å². The fraction of sp³-hybridized carbons (Fsp3) is 0.533. The van der Waals surface area contributed by atoms with E-state index in [4.69, 9.17) is 9.84 Å². The molecule has 0 saturated heterocycles. The van der Waals surface area contributed by atoms with E-state index in [0.717, 1.165) is 5.56 Å². The van der Waals surface area contributed by atoms with E-state index < -0.39 is 18.6 Å². The Morgan fingerprint density at radius 1 is 1.32 bits per heavy atom. The lowest BCUT2D eigenvalue weighted by Gasteiger charge is -2.24. The average Bonchev–Trinajstić information content (AvgIpc) is 2.41. The van der Waals surface area contributed by atoms with Crippen LogP contribution in [0.2, 0.25) is 0 Å². The van der Waals surface area contributed by atoms with Gasteiger partial charge in [-0.05, 0) is 38.1 Å². The normalized spacial score (nSPS) is 12.5. The topological polar surface area (TPSA) is 59.0 Å². The number of likely N-dealkylation sites (N-methyl/N-ethyl adjacent to an activating group) is 1. The number of carbonyl (C=O) groups is 1. The first-order valence-electron chi connectivity index (χ1n) is 7.02. The van der Waals surface area contributed by atoms with Crippen molar-refractivity contribution in [3.05, 3.63) is 23.8 Å². The summed E-state index contributed by atoms with van der Waals surface area (Å²) in [6, 6.07) is 4.01. The van der Waals surface area contributed by atoms with E-state index in [-0.39, 0.29) is 11.5 Å². The number of carboxylic acid groups (broad SMARTS) is 1. The first-order valence-corrected chi connectivity index (χ1v) is 7.02. The summed E-state index contributed by atoms with van der Waals surface area (Å²) in [5, 5.41) is 9.13. The average molecular weight is 317 g/mol. The monoisotopic (exact) mass is 317 g/mol. The van der Waals surface area contributed by atoms with Crippen molar-refractivity contribution in [1.29, 1.82) is 0 Å². The van der Waals surface area contributed by atoms with Gasteiger partial charge < -0.3 is 14.6 Å². The molecule has 124 valence electrons. The second-order valence-electron chi connectivity index (χ2n) is 4.77. The maximum atomic E-state index is 12.3. The summed E-state index contributed by atoms with van der Waals surface area (Å²) in [6.45, 7) is 1.28. The zero-order chi connectivity index (χ0) is 16.7. The third kappa shape index (κ3) is 5.14. The number of hydrogen-bond acceptors (Lipinski definition) is 4. The fourth-order valence-electron chi connectivity index (χ4n) is 2.19. The van der Waals surface area contributed by atoms with Crippen molar-refractivity contribution in [2.75, 3.05) is 13.7 Å². The molecular weight excluding hydrogens is 296 g/mol. The van der Waals surface area contributed by atoms with Crippen molar-refractivity contribution in [3.8, 4) is 11.5 Å². The van der Waals surface area contributed by atoms with E-state index in [2.05, 4.69) is 4.74 Å². The van der Waals surface area contributed by atoms with Gasteiger partial charge in [0.2, 0.25) is 0 Å². The molecule has 7 heteroatoms. The van der Waals surface area contributed by atoms with E-state index in [0.29, 0.717) is 19.6 Å². The largest absolute Gasteiger partial charge is 0.490 e. The van der Waals surface area contributed by atoms with Crippen LogP contribution in [-0.4, -0.2) is 42.3 Å². The van der Waals surface area contributed by atoms with Crippen LogP contribution in [0, 0.1) is 0 Å². The van der Waals surface area contributed by atoms with Crippen molar-refractivity contribution in [2.45, 2.75) is 39.5 Å². The molecular formula is C15H21F2NO4.